The molecule has 0 aliphatic carbocycles. The van der Waals surface area contributed by atoms with Crippen LogP contribution in [-0.4, -0.2) is 33.8 Å². The number of fused-ring (bicyclic) bond motifs is 1. The van der Waals surface area contributed by atoms with Crippen LogP contribution in [0.2, 0.25) is 0 Å². The number of nitrogens with one attached hydrogen (secondary N) is 1. The highest BCUT2D eigenvalue weighted by Gasteiger charge is 2.18. The van der Waals surface area contributed by atoms with E-state index in [4.69, 9.17) is 4.98 Å². The van der Waals surface area contributed by atoms with Gasteiger partial charge in [0.05, 0.1) is 6.42 Å². The lowest BCUT2D eigenvalue weighted by atomic mass is 10.1. The van der Waals surface area contributed by atoms with Gasteiger partial charge in [-0.25, -0.2) is 0 Å². The van der Waals surface area contributed by atoms with Crippen LogP contribution in [0.4, 0.5) is 17.6 Å². The van der Waals surface area contributed by atoms with Crippen LogP contribution in [0.3, 0.4) is 0 Å². The molecule has 1 N–H and O–H groups in total. The summed E-state index contributed by atoms with van der Waals surface area (Å²) in [7, 11) is 0. The molecule has 1 aliphatic heterocycles. The van der Waals surface area contributed by atoms with Gasteiger partial charge in [0.25, 0.3) is 0 Å². The summed E-state index contributed by atoms with van der Waals surface area (Å²) in [6.45, 7) is 1.84. The van der Waals surface area contributed by atoms with Crippen molar-refractivity contribution in [3.63, 3.8) is 0 Å². The number of rotatable bonds is 6. The van der Waals surface area contributed by atoms with Crippen LogP contribution in [0.1, 0.15) is 35.4 Å². The molecule has 3 aromatic carbocycles. The Balaban J connectivity index is 1.49. The predicted molar refractivity (Wildman–Crippen MR) is 128 cm³/mol. The van der Waals surface area contributed by atoms with Crippen molar-refractivity contribution in [2.45, 2.75) is 25.7 Å². The molecule has 1 saturated heterocycles. The molecule has 4 aromatic rings. The predicted octanol–water partition coefficient (Wildman–Crippen LogP) is 5.18. The number of carbonyl (C=O) groups is 1. The zero-order chi connectivity index (χ0) is 21.8. The third-order valence-electron chi connectivity index (χ3n) is 5.76. The summed E-state index contributed by atoms with van der Waals surface area (Å²) in [4.78, 5) is 29.0. The molecule has 0 amide bonds. The van der Waals surface area contributed by atoms with E-state index in [1.807, 2.05) is 54.6 Å². The van der Waals surface area contributed by atoms with Crippen molar-refractivity contribution in [1.82, 2.24) is 15.0 Å². The number of hydrogen-bond donors (Lipinski definition) is 1. The Kier molecular flexibility index (Phi) is 5.75. The molecule has 2 heterocycles. The summed E-state index contributed by atoms with van der Waals surface area (Å²) in [5.41, 5.74) is 1.59. The van der Waals surface area contributed by atoms with E-state index in [2.05, 4.69) is 38.4 Å². The summed E-state index contributed by atoms with van der Waals surface area (Å²) in [5, 5.41) is 5.61. The van der Waals surface area contributed by atoms with Gasteiger partial charge in [-0.3, -0.25) is 4.79 Å². The van der Waals surface area contributed by atoms with Crippen LogP contribution in [0, 0.1) is 0 Å². The number of aromatic nitrogens is 3. The molecule has 0 unspecified atom stereocenters. The summed E-state index contributed by atoms with van der Waals surface area (Å²) in [6.07, 6.45) is 3.60. The maximum absolute atomic E-state index is 12.8. The van der Waals surface area contributed by atoms with Crippen molar-refractivity contribution >= 4 is 34.1 Å². The minimum absolute atomic E-state index is 0.00231. The van der Waals surface area contributed by atoms with Gasteiger partial charge >= 0.3 is 0 Å². The summed E-state index contributed by atoms with van der Waals surface area (Å²) in [5.74, 6) is 1.58. The molecule has 5 rings (SSSR count). The highest BCUT2D eigenvalue weighted by atomic mass is 16.1. The number of carbonyl (C=O) groups excluding carboxylic acids is 1. The first-order chi connectivity index (χ1) is 15.8. The molecule has 1 fully saturated rings. The first kappa shape index (κ1) is 20.1. The lowest BCUT2D eigenvalue weighted by Gasteiger charge is -2.27. The lowest BCUT2D eigenvalue weighted by molar-refractivity contribution is 0.0991. The van der Waals surface area contributed by atoms with Gasteiger partial charge < -0.3 is 10.2 Å². The molecule has 0 radical (unpaired) electrons. The lowest BCUT2D eigenvalue weighted by Crippen LogP contribution is -2.31. The van der Waals surface area contributed by atoms with E-state index in [1.165, 1.54) is 6.42 Å². The number of hydrogen-bond acceptors (Lipinski definition) is 6. The van der Waals surface area contributed by atoms with Gasteiger partial charge in [0.1, 0.15) is 5.82 Å². The van der Waals surface area contributed by atoms with E-state index >= 15 is 0 Å². The largest absolute Gasteiger partial charge is 0.341 e. The highest BCUT2D eigenvalue weighted by molar-refractivity contribution is 5.97. The fraction of sp³-hybridized carbons (Fsp3) is 0.231. The molecule has 6 nitrogen and oxygen atoms in total. The Labute approximate surface area is 187 Å². The number of nitrogens with zero attached hydrogens (tertiary/aromatic N) is 4. The van der Waals surface area contributed by atoms with Crippen LogP contribution >= 0.6 is 0 Å². The normalized spacial score (nSPS) is 13.8. The van der Waals surface area contributed by atoms with Gasteiger partial charge in [0, 0.05) is 29.7 Å². The average Bonchev–Trinajstić information content (AvgIpc) is 2.85. The second-order valence-electron chi connectivity index (χ2n) is 8.04. The Morgan fingerprint density at radius 2 is 1.56 bits per heavy atom. The van der Waals surface area contributed by atoms with Gasteiger partial charge in [-0.15, -0.1) is 0 Å². The van der Waals surface area contributed by atoms with Crippen molar-refractivity contribution in [1.29, 1.82) is 0 Å². The van der Waals surface area contributed by atoms with Gasteiger partial charge in [0.15, 0.2) is 5.78 Å². The zero-order valence-electron chi connectivity index (χ0n) is 17.9. The van der Waals surface area contributed by atoms with E-state index in [0.29, 0.717) is 23.3 Å². The van der Waals surface area contributed by atoms with Crippen molar-refractivity contribution in [3.8, 4) is 0 Å². The van der Waals surface area contributed by atoms with Gasteiger partial charge in [-0.05, 0) is 30.7 Å². The number of Topliss-reactive ketones (excluding diaryl/α,β-unsaturated/α-hetero) is 1. The molecule has 0 atom stereocenters. The smallest absolute Gasteiger partial charge is 0.232 e. The molecule has 160 valence electrons. The molecule has 0 bridgehead atoms. The van der Waals surface area contributed by atoms with Crippen LogP contribution in [0.15, 0.2) is 72.8 Å². The second kappa shape index (κ2) is 9.14. The summed E-state index contributed by atoms with van der Waals surface area (Å²) < 4.78 is 0. The van der Waals surface area contributed by atoms with Crippen LogP contribution in [-0.2, 0) is 6.42 Å². The minimum Gasteiger partial charge on any atom is -0.341 e. The van der Waals surface area contributed by atoms with Crippen LogP contribution < -0.4 is 10.2 Å². The maximum atomic E-state index is 12.8. The Morgan fingerprint density at radius 3 is 2.41 bits per heavy atom. The number of benzene rings is 3. The molecule has 0 spiro atoms. The van der Waals surface area contributed by atoms with Crippen molar-refractivity contribution in [3.05, 3.63) is 84.2 Å². The maximum Gasteiger partial charge on any atom is 0.232 e. The standard InChI is InChI=1S/C26H25N5O/c32-23(20-11-3-1-4-12-20)18-24-28-25(30-26(29-24)31-16-7-2-8-17-31)27-22-15-9-13-19-10-5-6-14-21(19)22/h1,3-6,9-15H,2,7-8,16-18H2,(H,27,28,29,30). The fourth-order valence-corrected chi connectivity index (χ4v) is 4.10. The van der Waals surface area contributed by atoms with Gasteiger partial charge in [-0.2, -0.15) is 15.0 Å². The molecular weight excluding hydrogens is 398 g/mol. The van der Waals surface area contributed by atoms with E-state index in [1.54, 1.807) is 0 Å². The minimum atomic E-state index is -0.00231. The molecular formula is C26H25N5O. The zero-order valence-corrected chi connectivity index (χ0v) is 17.9. The van der Waals surface area contributed by atoms with E-state index in [-0.39, 0.29) is 12.2 Å². The van der Waals surface area contributed by atoms with Gasteiger partial charge in [0.2, 0.25) is 11.9 Å². The number of anilines is 3. The fourth-order valence-electron chi connectivity index (χ4n) is 4.10. The number of ketones is 1. The summed E-state index contributed by atoms with van der Waals surface area (Å²) in [6, 6.07) is 23.6. The Hall–Kier alpha value is -3.80. The van der Waals surface area contributed by atoms with Crippen LogP contribution in [0.5, 0.6) is 0 Å². The molecule has 6 heteroatoms. The van der Waals surface area contributed by atoms with E-state index < -0.39 is 0 Å². The topological polar surface area (TPSA) is 71.0 Å². The first-order valence-corrected chi connectivity index (χ1v) is 11.1. The average molecular weight is 424 g/mol. The Bertz CT molecular complexity index is 1230. The second-order valence-corrected chi connectivity index (χ2v) is 8.04. The molecule has 1 aromatic heterocycles. The third kappa shape index (κ3) is 4.44. The monoisotopic (exact) mass is 423 g/mol. The Morgan fingerprint density at radius 1 is 0.812 bits per heavy atom. The molecule has 1 aliphatic rings. The molecule has 32 heavy (non-hydrogen) atoms. The van der Waals surface area contributed by atoms with E-state index in [9.17, 15) is 4.79 Å². The quantitative estimate of drug-likeness (QED) is 0.431. The molecule has 0 saturated carbocycles. The van der Waals surface area contributed by atoms with Crippen molar-refractivity contribution in [2.24, 2.45) is 0 Å². The van der Waals surface area contributed by atoms with Crippen molar-refractivity contribution in [2.75, 3.05) is 23.3 Å². The van der Waals surface area contributed by atoms with Crippen LogP contribution in [0.25, 0.3) is 10.8 Å². The van der Waals surface area contributed by atoms with Crippen molar-refractivity contribution < 1.29 is 4.79 Å². The summed E-state index contributed by atoms with van der Waals surface area (Å²) >= 11 is 0. The third-order valence-corrected chi connectivity index (χ3v) is 5.76. The van der Waals surface area contributed by atoms with E-state index in [0.717, 1.165) is 42.4 Å². The number of piperidine rings is 1. The van der Waals surface area contributed by atoms with Gasteiger partial charge in [-0.1, -0.05) is 66.7 Å². The highest BCUT2D eigenvalue weighted by Crippen LogP contribution is 2.26. The SMILES string of the molecule is O=C(Cc1nc(Nc2cccc3ccccc23)nc(N2CCCCC2)n1)c1ccccc1. The first-order valence-electron chi connectivity index (χ1n) is 11.1.